The predicted molar refractivity (Wildman–Crippen MR) is 109 cm³/mol. The second-order valence-corrected chi connectivity index (χ2v) is 8.56. The lowest BCUT2D eigenvalue weighted by Gasteiger charge is -2.48. The molecule has 2 aromatic carbocycles. The molecule has 4 nitrogen and oxygen atoms in total. The van der Waals surface area contributed by atoms with E-state index in [-0.39, 0.29) is 12.2 Å². The van der Waals surface area contributed by atoms with Crippen LogP contribution in [-0.4, -0.2) is 48.2 Å². The number of nitrogens with zero attached hydrogens (tertiary/aromatic N) is 2. The number of fused-ring (bicyclic) bond motifs is 4. The molecule has 146 valence electrons. The van der Waals surface area contributed by atoms with Gasteiger partial charge in [-0.25, -0.2) is 4.79 Å². The van der Waals surface area contributed by atoms with Crippen molar-refractivity contribution in [1.82, 2.24) is 9.80 Å². The Kier molecular flexibility index (Phi) is 4.39. The van der Waals surface area contributed by atoms with E-state index in [1.165, 1.54) is 11.1 Å². The number of benzene rings is 2. The van der Waals surface area contributed by atoms with Gasteiger partial charge in [0.05, 0.1) is 5.54 Å². The van der Waals surface area contributed by atoms with Crippen molar-refractivity contribution in [2.45, 2.75) is 37.8 Å². The lowest BCUT2D eigenvalue weighted by Crippen LogP contribution is -2.56. The molecule has 0 saturated carbocycles. The smallest absolute Gasteiger partial charge is 0.411 e. The molecule has 0 aromatic heterocycles. The van der Waals surface area contributed by atoms with Gasteiger partial charge in [-0.05, 0) is 61.9 Å². The highest BCUT2D eigenvalue weighted by molar-refractivity contribution is 5.71. The van der Waals surface area contributed by atoms with Crippen LogP contribution in [0.15, 0.2) is 54.6 Å². The Hall–Kier alpha value is -2.33. The van der Waals surface area contributed by atoms with E-state index >= 15 is 0 Å². The van der Waals surface area contributed by atoms with Crippen molar-refractivity contribution in [3.05, 3.63) is 71.3 Å². The summed E-state index contributed by atoms with van der Waals surface area (Å²) in [4.78, 5) is 17.8. The molecule has 2 atom stereocenters. The quantitative estimate of drug-likeness (QED) is 0.793. The van der Waals surface area contributed by atoms with E-state index in [0.29, 0.717) is 12.5 Å². The van der Waals surface area contributed by atoms with Crippen LogP contribution in [0.5, 0.6) is 0 Å². The largest absolute Gasteiger partial charge is 0.444 e. The molecule has 4 aliphatic rings. The molecule has 0 aliphatic carbocycles. The summed E-state index contributed by atoms with van der Waals surface area (Å²) in [5, 5.41) is 0. The number of amides is 1. The summed E-state index contributed by atoms with van der Waals surface area (Å²) in [6, 6.07) is 18.9. The molecule has 4 aliphatic heterocycles. The fraction of sp³-hybridized carbons (Fsp3) is 0.458. The zero-order valence-corrected chi connectivity index (χ0v) is 16.5. The Labute approximate surface area is 167 Å². The summed E-state index contributed by atoms with van der Waals surface area (Å²) in [5.74, 6) is 0.522. The molecule has 0 spiro atoms. The van der Waals surface area contributed by atoms with Gasteiger partial charge in [-0.1, -0.05) is 54.6 Å². The summed E-state index contributed by atoms with van der Waals surface area (Å²) < 4.78 is 6.14. The molecule has 2 aromatic rings. The van der Waals surface area contributed by atoms with Crippen LogP contribution in [0.3, 0.4) is 0 Å². The van der Waals surface area contributed by atoms with E-state index in [9.17, 15) is 4.79 Å². The Morgan fingerprint density at radius 2 is 1.71 bits per heavy atom. The minimum atomic E-state index is -0.513. The summed E-state index contributed by atoms with van der Waals surface area (Å²) in [5.41, 5.74) is 3.15. The second kappa shape index (κ2) is 6.93. The minimum Gasteiger partial charge on any atom is -0.444 e. The van der Waals surface area contributed by atoms with Crippen molar-refractivity contribution in [2.75, 3.05) is 26.2 Å². The van der Waals surface area contributed by atoms with Gasteiger partial charge in [-0.3, -0.25) is 9.80 Å². The summed E-state index contributed by atoms with van der Waals surface area (Å²) in [7, 11) is 0. The van der Waals surface area contributed by atoms with Gasteiger partial charge in [-0.15, -0.1) is 0 Å². The molecule has 28 heavy (non-hydrogen) atoms. The van der Waals surface area contributed by atoms with Gasteiger partial charge in [0.2, 0.25) is 0 Å². The van der Waals surface area contributed by atoms with Gasteiger partial charge in [0.1, 0.15) is 6.10 Å². The first kappa shape index (κ1) is 17.7. The highest BCUT2D eigenvalue weighted by Crippen LogP contribution is 2.41. The van der Waals surface area contributed by atoms with Crippen LogP contribution in [0, 0.1) is 5.92 Å². The van der Waals surface area contributed by atoms with Crippen LogP contribution >= 0.6 is 0 Å². The first-order valence-electron chi connectivity index (χ1n) is 10.5. The Bertz CT molecular complexity index is 860. The molecule has 3 saturated heterocycles. The molecule has 2 bridgehead atoms. The standard InChI is InChI=1S/C24H28N2O2/c1-24(20-8-3-2-4-9-20)21-10-6-5-7-18(21)13-16-26(24)23(27)28-22-17-25-14-11-19(22)12-15-25/h2-10,19,22H,11-17H2,1H3/t22-,24+/m0/s1. The normalized spacial score (nSPS) is 31.3. The Balaban J connectivity index is 1.48. The van der Waals surface area contributed by atoms with Gasteiger partial charge in [0, 0.05) is 13.1 Å². The predicted octanol–water partition coefficient (Wildman–Crippen LogP) is 4.04. The second-order valence-electron chi connectivity index (χ2n) is 8.56. The third-order valence-corrected chi connectivity index (χ3v) is 7.09. The molecule has 6 rings (SSSR count). The number of hydrogen-bond donors (Lipinski definition) is 0. The first-order valence-corrected chi connectivity index (χ1v) is 10.5. The van der Waals surface area contributed by atoms with Crippen LogP contribution in [0.2, 0.25) is 0 Å². The number of carbonyl (C=O) groups is 1. The third-order valence-electron chi connectivity index (χ3n) is 7.09. The third kappa shape index (κ3) is 2.82. The molecular formula is C24H28N2O2. The average Bonchev–Trinajstić information content (AvgIpc) is 2.75. The van der Waals surface area contributed by atoms with E-state index in [4.69, 9.17) is 4.74 Å². The fourth-order valence-corrected chi connectivity index (χ4v) is 5.40. The minimum absolute atomic E-state index is 0.0344. The molecule has 1 amide bonds. The Morgan fingerprint density at radius 3 is 2.43 bits per heavy atom. The van der Waals surface area contributed by atoms with E-state index in [1.807, 2.05) is 11.0 Å². The number of rotatable bonds is 2. The summed E-state index contributed by atoms with van der Waals surface area (Å²) in [6.07, 6.45) is 3.04. The van der Waals surface area contributed by atoms with Crippen LogP contribution < -0.4 is 0 Å². The Morgan fingerprint density at radius 1 is 1.00 bits per heavy atom. The molecule has 4 heteroatoms. The maximum absolute atomic E-state index is 13.4. The monoisotopic (exact) mass is 376 g/mol. The first-order chi connectivity index (χ1) is 13.7. The van der Waals surface area contributed by atoms with Crippen LogP contribution in [0.1, 0.15) is 36.5 Å². The van der Waals surface area contributed by atoms with Gasteiger partial charge in [0.25, 0.3) is 0 Å². The van der Waals surface area contributed by atoms with Crippen molar-refractivity contribution >= 4 is 6.09 Å². The molecule has 0 unspecified atom stereocenters. The van der Waals surface area contributed by atoms with Crippen molar-refractivity contribution in [2.24, 2.45) is 5.92 Å². The van der Waals surface area contributed by atoms with Gasteiger partial charge in [0.15, 0.2) is 0 Å². The SMILES string of the molecule is C[C@@]1(c2ccccc2)c2ccccc2CCN1C(=O)O[C@H]1CN2CCC1CC2. The molecule has 4 heterocycles. The summed E-state index contributed by atoms with van der Waals surface area (Å²) in [6.45, 7) is 6.04. The topological polar surface area (TPSA) is 32.8 Å². The van der Waals surface area contributed by atoms with Crippen molar-refractivity contribution in [3.8, 4) is 0 Å². The van der Waals surface area contributed by atoms with E-state index in [2.05, 4.69) is 60.4 Å². The highest BCUT2D eigenvalue weighted by Gasteiger charge is 2.45. The van der Waals surface area contributed by atoms with E-state index < -0.39 is 5.54 Å². The van der Waals surface area contributed by atoms with Crippen LogP contribution in [-0.2, 0) is 16.7 Å². The lowest BCUT2D eigenvalue weighted by molar-refractivity contribution is -0.0514. The molecule has 0 N–H and O–H groups in total. The maximum atomic E-state index is 13.4. The highest BCUT2D eigenvalue weighted by atomic mass is 16.6. The molecular weight excluding hydrogens is 348 g/mol. The van der Waals surface area contributed by atoms with Gasteiger partial charge < -0.3 is 4.74 Å². The van der Waals surface area contributed by atoms with Crippen molar-refractivity contribution in [1.29, 1.82) is 0 Å². The lowest BCUT2D eigenvalue weighted by atomic mass is 9.77. The van der Waals surface area contributed by atoms with Gasteiger partial charge >= 0.3 is 6.09 Å². The fourth-order valence-electron chi connectivity index (χ4n) is 5.40. The maximum Gasteiger partial charge on any atom is 0.411 e. The number of hydrogen-bond acceptors (Lipinski definition) is 3. The zero-order chi connectivity index (χ0) is 19.1. The van der Waals surface area contributed by atoms with Crippen molar-refractivity contribution in [3.63, 3.8) is 0 Å². The van der Waals surface area contributed by atoms with Gasteiger partial charge in [-0.2, -0.15) is 0 Å². The average molecular weight is 377 g/mol. The van der Waals surface area contributed by atoms with Crippen LogP contribution in [0.4, 0.5) is 4.79 Å². The zero-order valence-electron chi connectivity index (χ0n) is 16.5. The van der Waals surface area contributed by atoms with Crippen molar-refractivity contribution < 1.29 is 9.53 Å². The molecule has 3 fully saturated rings. The van der Waals surface area contributed by atoms with E-state index in [0.717, 1.165) is 44.5 Å². The number of carbonyl (C=O) groups excluding carboxylic acids is 1. The molecule has 0 radical (unpaired) electrons. The summed E-state index contributed by atoms with van der Waals surface area (Å²) >= 11 is 0. The van der Waals surface area contributed by atoms with E-state index in [1.54, 1.807) is 0 Å². The number of piperidine rings is 3. The van der Waals surface area contributed by atoms with Crippen LogP contribution in [0.25, 0.3) is 0 Å². The number of ether oxygens (including phenoxy) is 1.